The molecule has 1 aliphatic rings. The number of H-pyrrole nitrogens is 1. The molecule has 6 rings (SSSR count). The van der Waals surface area contributed by atoms with Crippen molar-refractivity contribution in [3.05, 3.63) is 71.5 Å². The summed E-state index contributed by atoms with van der Waals surface area (Å²) < 4.78 is 1.68. The van der Waals surface area contributed by atoms with E-state index >= 15 is 0 Å². The van der Waals surface area contributed by atoms with Crippen molar-refractivity contribution in [2.75, 3.05) is 0 Å². The number of rotatable bonds is 3. The summed E-state index contributed by atoms with van der Waals surface area (Å²) in [6.07, 6.45) is 1.87. The summed E-state index contributed by atoms with van der Waals surface area (Å²) in [6, 6.07) is 16.3. The molecule has 158 valence electrons. The molecule has 3 N–H and O–H groups in total. The third-order valence-corrected chi connectivity index (χ3v) is 6.08. The molecule has 32 heavy (non-hydrogen) atoms. The molecule has 1 aliphatic heterocycles. The molecule has 0 saturated carbocycles. The molecule has 0 fully saturated rings. The van der Waals surface area contributed by atoms with E-state index in [2.05, 4.69) is 38.6 Å². The maximum atomic E-state index is 11.1. The number of pyridine rings is 1. The number of nitrogens with zero attached hydrogens (tertiary/aromatic N) is 4. The van der Waals surface area contributed by atoms with E-state index in [1.54, 1.807) is 4.68 Å². The molecule has 2 aromatic carbocycles. The van der Waals surface area contributed by atoms with E-state index in [0.717, 1.165) is 46.5 Å². The monoisotopic (exact) mass is 422 g/mol. The summed E-state index contributed by atoms with van der Waals surface area (Å²) >= 11 is 0. The number of imidazole rings is 1. The van der Waals surface area contributed by atoms with E-state index in [4.69, 9.17) is 4.98 Å². The lowest BCUT2D eigenvalue weighted by atomic mass is 10.0. The lowest BCUT2D eigenvalue weighted by molar-refractivity contribution is 0.478. The van der Waals surface area contributed by atoms with Gasteiger partial charge in [-0.05, 0) is 41.8 Å². The summed E-state index contributed by atoms with van der Waals surface area (Å²) in [5.41, 5.74) is 9.46. The van der Waals surface area contributed by atoms with Crippen LogP contribution in [0, 0.1) is 6.92 Å². The minimum absolute atomic E-state index is 0.116. The Hall–Kier alpha value is -3.97. The predicted molar refractivity (Wildman–Crippen MR) is 124 cm³/mol. The van der Waals surface area contributed by atoms with Crippen LogP contribution in [0.25, 0.3) is 44.9 Å². The molecule has 5 aromatic rings. The third-order valence-electron chi connectivity index (χ3n) is 6.08. The second-order valence-corrected chi connectivity index (χ2v) is 8.26. The molecule has 0 bridgehead atoms. The Kier molecular flexibility index (Phi) is 4.13. The molecule has 4 heterocycles. The van der Waals surface area contributed by atoms with Gasteiger partial charge < -0.3 is 15.4 Å². The van der Waals surface area contributed by atoms with Crippen LogP contribution in [0.4, 0.5) is 0 Å². The number of aromatic nitrogens is 5. The van der Waals surface area contributed by atoms with Gasteiger partial charge >= 0.3 is 0 Å². The van der Waals surface area contributed by atoms with E-state index in [9.17, 15) is 5.11 Å². The molecule has 0 atom stereocenters. The van der Waals surface area contributed by atoms with Crippen LogP contribution in [0.5, 0.6) is 5.75 Å². The van der Waals surface area contributed by atoms with Crippen LogP contribution in [-0.2, 0) is 20.1 Å². The zero-order valence-corrected chi connectivity index (χ0v) is 17.8. The Morgan fingerprint density at radius 1 is 0.938 bits per heavy atom. The van der Waals surface area contributed by atoms with Crippen LogP contribution in [0.1, 0.15) is 16.8 Å². The van der Waals surface area contributed by atoms with Gasteiger partial charge in [0.2, 0.25) is 0 Å². The van der Waals surface area contributed by atoms with Crippen LogP contribution >= 0.6 is 0 Å². The van der Waals surface area contributed by atoms with Crippen molar-refractivity contribution >= 4 is 11.0 Å². The molecule has 0 spiro atoms. The van der Waals surface area contributed by atoms with Crippen LogP contribution in [0.3, 0.4) is 0 Å². The highest BCUT2D eigenvalue weighted by atomic mass is 16.3. The first kappa shape index (κ1) is 18.8. The maximum absolute atomic E-state index is 11.1. The molecular weight excluding hydrogens is 400 g/mol. The minimum atomic E-state index is 0.116. The Labute approximate surface area is 184 Å². The van der Waals surface area contributed by atoms with Crippen molar-refractivity contribution in [3.8, 4) is 39.7 Å². The van der Waals surface area contributed by atoms with Gasteiger partial charge in [-0.25, -0.2) is 4.98 Å². The molecule has 7 nitrogen and oxygen atoms in total. The second-order valence-electron chi connectivity index (χ2n) is 8.26. The predicted octanol–water partition coefficient (Wildman–Crippen LogP) is 4.31. The number of nitrogens with one attached hydrogen (secondary N) is 2. The standard InChI is InChI=1S/C25H22N6O/c1-14-3-4-17(13-27-14)15-5-7-16(8-6-15)22-24(32)23(31(2)30-22)25-28-20-9-18-11-26-12-19(18)10-21(20)29-25/h3-10,13,26,32H,11-12H2,1-2H3,(H,28,29). The highest BCUT2D eigenvalue weighted by Gasteiger charge is 2.22. The Morgan fingerprint density at radius 3 is 2.41 bits per heavy atom. The van der Waals surface area contributed by atoms with Crippen molar-refractivity contribution < 1.29 is 5.11 Å². The molecular formula is C25H22N6O. The van der Waals surface area contributed by atoms with Crippen molar-refractivity contribution in [2.45, 2.75) is 20.0 Å². The number of fused-ring (bicyclic) bond motifs is 2. The lowest BCUT2D eigenvalue weighted by Crippen LogP contribution is -1.99. The second kappa shape index (κ2) is 7.03. The molecule has 0 aliphatic carbocycles. The Balaban J connectivity index is 1.37. The number of benzene rings is 2. The van der Waals surface area contributed by atoms with Crippen LogP contribution in [0.2, 0.25) is 0 Å². The fraction of sp³-hybridized carbons (Fsp3) is 0.160. The van der Waals surface area contributed by atoms with E-state index in [-0.39, 0.29) is 5.75 Å². The SMILES string of the molecule is Cc1ccc(-c2ccc(-c3nn(C)c(-c4nc5cc6c(cc5[nH]4)CNC6)c3O)cc2)cn1. The van der Waals surface area contributed by atoms with Gasteiger partial charge in [0.25, 0.3) is 0 Å². The number of hydrogen-bond acceptors (Lipinski definition) is 5. The van der Waals surface area contributed by atoms with E-state index in [0.29, 0.717) is 17.2 Å². The average molecular weight is 422 g/mol. The van der Waals surface area contributed by atoms with Gasteiger partial charge in [0.1, 0.15) is 11.4 Å². The summed E-state index contributed by atoms with van der Waals surface area (Å²) in [4.78, 5) is 12.5. The Bertz CT molecular complexity index is 1420. The van der Waals surface area contributed by atoms with E-state index in [1.807, 2.05) is 50.5 Å². The quantitative estimate of drug-likeness (QED) is 0.403. The molecule has 0 unspecified atom stereocenters. The minimum Gasteiger partial charge on any atom is -0.504 e. The van der Waals surface area contributed by atoms with Crippen molar-refractivity contribution in [1.29, 1.82) is 0 Å². The largest absolute Gasteiger partial charge is 0.504 e. The Morgan fingerprint density at radius 2 is 1.66 bits per heavy atom. The highest BCUT2D eigenvalue weighted by molar-refractivity contribution is 5.84. The van der Waals surface area contributed by atoms with Gasteiger partial charge in [-0.1, -0.05) is 30.3 Å². The van der Waals surface area contributed by atoms with Gasteiger partial charge in [-0.3, -0.25) is 9.67 Å². The van der Waals surface area contributed by atoms with E-state index < -0.39 is 0 Å². The number of hydrogen-bond donors (Lipinski definition) is 3. The lowest BCUT2D eigenvalue weighted by Gasteiger charge is -2.04. The molecule has 0 amide bonds. The smallest absolute Gasteiger partial charge is 0.173 e. The summed E-state index contributed by atoms with van der Waals surface area (Å²) in [6.45, 7) is 3.71. The maximum Gasteiger partial charge on any atom is 0.173 e. The molecule has 0 radical (unpaired) electrons. The highest BCUT2D eigenvalue weighted by Crippen LogP contribution is 2.38. The summed E-state index contributed by atoms with van der Waals surface area (Å²) in [5.74, 6) is 0.725. The zero-order chi connectivity index (χ0) is 21.8. The van der Waals surface area contributed by atoms with Crippen LogP contribution in [-0.4, -0.2) is 29.8 Å². The van der Waals surface area contributed by atoms with Gasteiger partial charge in [0, 0.05) is 43.2 Å². The first-order valence-corrected chi connectivity index (χ1v) is 10.6. The van der Waals surface area contributed by atoms with Crippen molar-refractivity contribution in [2.24, 2.45) is 7.05 Å². The fourth-order valence-corrected chi connectivity index (χ4v) is 4.35. The van der Waals surface area contributed by atoms with Gasteiger partial charge in [0.05, 0.1) is 11.0 Å². The zero-order valence-electron chi connectivity index (χ0n) is 17.8. The van der Waals surface area contributed by atoms with Gasteiger partial charge in [-0.2, -0.15) is 5.10 Å². The fourth-order valence-electron chi connectivity index (χ4n) is 4.35. The van der Waals surface area contributed by atoms with Crippen molar-refractivity contribution in [1.82, 2.24) is 30.0 Å². The molecule has 0 saturated heterocycles. The summed E-state index contributed by atoms with van der Waals surface area (Å²) in [5, 5.41) is 19.0. The topological polar surface area (TPSA) is 91.7 Å². The molecule has 3 aromatic heterocycles. The third kappa shape index (κ3) is 2.98. The van der Waals surface area contributed by atoms with Crippen LogP contribution < -0.4 is 5.32 Å². The number of aromatic hydroxyl groups is 1. The normalized spacial score (nSPS) is 13.1. The van der Waals surface area contributed by atoms with Gasteiger partial charge in [0.15, 0.2) is 11.6 Å². The van der Waals surface area contributed by atoms with Gasteiger partial charge in [-0.15, -0.1) is 0 Å². The first-order valence-electron chi connectivity index (χ1n) is 10.6. The average Bonchev–Trinajstić information content (AvgIpc) is 3.49. The first-order chi connectivity index (χ1) is 15.6. The number of aryl methyl sites for hydroxylation is 2. The van der Waals surface area contributed by atoms with Crippen LogP contribution in [0.15, 0.2) is 54.7 Å². The number of aromatic amines is 1. The van der Waals surface area contributed by atoms with E-state index in [1.165, 1.54) is 11.1 Å². The summed E-state index contributed by atoms with van der Waals surface area (Å²) in [7, 11) is 1.82. The van der Waals surface area contributed by atoms with Crippen molar-refractivity contribution in [3.63, 3.8) is 0 Å². The molecule has 7 heteroatoms.